The highest BCUT2D eigenvalue weighted by atomic mass is 16.5. The number of ether oxygens (including phenoxy) is 1. The molecule has 3 nitrogen and oxygen atoms in total. The molecular weight excluding hydrogens is 248 g/mol. The summed E-state index contributed by atoms with van der Waals surface area (Å²) >= 11 is 0. The van der Waals surface area contributed by atoms with Gasteiger partial charge in [-0.05, 0) is 68.5 Å². The number of rotatable bonds is 4. The summed E-state index contributed by atoms with van der Waals surface area (Å²) in [5.74, 6) is 1.95. The Morgan fingerprint density at radius 2 is 2.15 bits per heavy atom. The summed E-state index contributed by atoms with van der Waals surface area (Å²) in [6.07, 6.45) is 7.63. The van der Waals surface area contributed by atoms with E-state index in [1.165, 1.54) is 24.8 Å². The van der Waals surface area contributed by atoms with Crippen molar-refractivity contribution in [2.45, 2.75) is 59.0 Å². The molecule has 1 aliphatic carbocycles. The molecule has 1 aromatic rings. The summed E-state index contributed by atoms with van der Waals surface area (Å²) in [6.45, 7) is 9.55. The van der Waals surface area contributed by atoms with Gasteiger partial charge in [0, 0.05) is 6.20 Å². The highest BCUT2D eigenvalue weighted by molar-refractivity contribution is 5.28. The monoisotopic (exact) mass is 276 g/mol. The summed E-state index contributed by atoms with van der Waals surface area (Å²) in [6, 6.07) is 2.15. The topological polar surface area (TPSA) is 48.1 Å². The van der Waals surface area contributed by atoms with Crippen molar-refractivity contribution in [1.82, 2.24) is 4.98 Å². The van der Waals surface area contributed by atoms with Gasteiger partial charge in [-0.3, -0.25) is 4.98 Å². The van der Waals surface area contributed by atoms with Gasteiger partial charge in [-0.1, -0.05) is 13.8 Å². The van der Waals surface area contributed by atoms with Crippen molar-refractivity contribution < 1.29 is 4.74 Å². The highest BCUT2D eigenvalue weighted by Crippen LogP contribution is 2.46. The van der Waals surface area contributed by atoms with Crippen molar-refractivity contribution in [3.05, 3.63) is 24.0 Å². The van der Waals surface area contributed by atoms with Gasteiger partial charge in [0.25, 0.3) is 0 Å². The van der Waals surface area contributed by atoms with Crippen LogP contribution in [0.15, 0.2) is 18.5 Å². The lowest BCUT2D eigenvalue weighted by Gasteiger charge is -2.40. The van der Waals surface area contributed by atoms with Gasteiger partial charge < -0.3 is 10.5 Å². The lowest BCUT2D eigenvalue weighted by molar-refractivity contribution is 0.165. The molecule has 1 saturated carbocycles. The Morgan fingerprint density at radius 3 is 2.80 bits per heavy atom. The first-order chi connectivity index (χ1) is 9.41. The van der Waals surface area contributed by atoms with Crippen LogP contribution in [0, 0.1) is 11.3 Å². The first-order valence-electron chi connectivity index (χ1n) is 7.73. The average Bonchev–Trinajstić information content (AvgIpc) is 2.37. The Kier molecular flexibility index (Phi) is 4.69. The zero-order valence-electron chi connectivity index (χ0n) is 13.2. The van der Waals surface area contributed by atoms with Gasteiger partial charge in [0.15, 0.2) is 0 Å². The van der Waals surface area contributed by atoms with Crippen LogP contribution in [0.1, 0.15) is 58.4 Å². The van der Waals surface area contributed by atoms with Crippen LogP contribution in [0.5, 0.6) is 5.75 Å². The molecule has 1 heterocycles. The molecule has 0 amide bonds. The number of hydrogen-bond donors (Lipinski definition) is 1. The summed E-state index contributed by atoms with van der Waals surface area (Å²) < 4.78 is 5.77. The number of pyridine rings is 1. The third-order valence-corrected chi connectivity index (χ3v) is 4.37. The van der Waals surface area contributed by atoms with Crippen LogP contribution in [-0.2, 0) is 0 Å². The molecule has 20 heavy (non-hydrogen) atoms. The summed E-state index contributed by atoms with van der Waals surface area (Å²) in [7, 11) is 0. The number of hydrogen-bond acceptors (Lipinski definition) is 3. The molecule has 1 aliphatic rings. The van der Waals surface area contributed by atoms with Crippen molar-refractivity contribution in [2.24, 2.45) is 17.1 Å². The van der Waals surface area contributed by atoms with Gasteiger partial charge in [-0.25, -0.2) is 0 Å². The van der Waals surface area contributed by atoms with E-state index in [2.05, 4.69) is 24.9 Å². The van der Waals surface area contributed by atoms with Crippen LogP contribution >= 0.6 is 0 Å². The van der Waals surface area contributed by atoms with Gasteiger partial charge in [0.05, 0.1) is 12.3 Å². The molecule has 2 rings (SSSR count). The minimum absolute atomic E-state index is 0.181. The third kappa shape index (κ3) is 3.72. The number of aromatic nitrogens is 1. The summed E-state index contributed by atoms with van der Waals surface area (Å²) in [4.78, 5) is 4.36. The molecular formula is C17H28N2O. The molecule has 112 valence electrons. The first-order valence-corrected chi connectivity index (χ1v) is 7.73. The van der Waals surface area contributed by atoms with Crippen molar-refractivity contribution in [3.63, 3.8) is 0 Å². The fourth-order valence-corrected chi connectivity index (χ4v) is 3.29. The molecule has 2 unspecified atom stereocenters. The predicted octanol–water partition coefficient (Wildman–Crippen LogP) is 3.74. The molecule has 3 heteroatoms. The molecule has 2 N–H and O–H groups in total. The number of nitrogens with two attached hydrogens (primary N) is 1. The van der Waals surface area contributed by atoms with E-state index in [-0.39, 0.29) is 6.10 Å². The Morgan fingerprint density at radius 1 is 1.40 bits per heavy atom. The lowest BCUT2D eigenvalue weighted by atomic mass is 9.65. The van der Waals surface area contributed by atoms with Gasteiger partial charge in [-0.2, -0.15) is 0 Å². The standard InChI is InChI=1S/C17H28N2O/c1-12(2)20-15-7-14(10-19-11-15)16-8-17(3,4)6-5-13(16)9-18/h7,10-13,16H,5-6,8-9,18H2,1-4H3. The molecule has 2 atom stereocenters. The maximum atomic E-state index is 5.99. The van der Waals surface area contributed by atoms with Crippen LogP contribution < -0.4 is 10.5 Å². The Labute approximate surface area is 122 Å². The molecule has 0 aliphatic heterocycles. The van der Waals surface area contributed by atoms with Gasteiger partial charge in [0.2, 0.25) is 0 Å². The van der Waals surface area contributed by atoms with E-state index < -0.39 is 0 Å². The van der Waals surface area contributed by atoms with E-state index in [4.69, 9.17) is 10.5 Å². The lowest BCUT2D eigenvalue weighted by Crippen LogP contribution is -2.32. The normalized spacial score (nSPS) is 25.7. The fraction of sp³-hybridized carbons (Fsp3) is 0.706. The largest absolute Gasteiger partial charge is 0.489 e. The Balaban J connectivity index is 2.23. The van der Waals surface area contributed by atoms with Crippen molar-refractivity contribution in [1.29, 1.82) is 0 Å². The fourth-order valence-electron chi connectivity index (χ4n) is 3.29. The predicted molar refractivity (Wildman–Crippen MR) is 82.9 cm³/mol. The van der Waals surface area contributed by atoms with E-state index in [0.29, 0.717) is 17.3 Å². The van der Waals surface area contributed by atoms with Crippen LogP contribution in [-0.4, -0.2) is 17.6 Å². The smallest absolute Gasteiger partial charge is 0.138 e. The van der Waals surface area contributed by atoms with Gasteiger partial charge in [0.1, 0.15) is 5.75 Å². The second kappa shape index (κ2) is 6.13. The third-order valence-electron chi connectivity index (χ3n) is 4.37. The summed E-state index contributed by atoms with van der Waals surface area (Å²) in [5.41, 5.74) is 7.66. The Bertz CT molecular complexity index is 442. The van der Waals surface area contributed by atoms with Crippen molar-refractivity contribution in [3.8, 4) is 5.75 Å². The average molecular weight is 276 g/mol. The molecule has 0 radical (unpaired) electrons. The van der Waals surface area contributed by atoms with E-state index in [9.17, 15) is 0 Å². The minimum Gasteiger partial charge on any atom is -0.489 e. The minimum atomic E-state index is 0.181. The molecule has 0 aromatic carbocycles. The van der Waals surface area contributed by atoms with E-state index >= 15 is 0 Å². The Hall–Kier alpha value is -1.09. The molecule has 1 aromatic heterocycles. The zero-order valence-corrected chi connectivity index (χ0v) is 13.2. The van der Waals surface area contributed by atoms with Crippen LogP contribution in [0.2, 0.25) is 0 Å². The molecule has 0 saturated heterocycles. The second-order valence-electron chi connectivity index (χ2n) is 7.13. The van der Waals surface area contributed by atoms with E-state index in [0.717, 1.165) is 12.3 Å². The van der Waals surface area contributed by atoms with E-state index in [1.807, 2.05) is 20.0 Å². The van der Waals surface area contributed by atoms with E-state index in [1.54, 1.807) is 6.20 Å². The highest BCUT2D eigenvalue weighted by Gasteiger charge is 2.35. The van der Waals surface area contributed by atoms with Crippen LogP contribution in [0.3, 0.4) is 0 Å². The number of nitrogens with zero attached hydrogens (tertiary/aromatic N) is 1. The van der Waals surface area contributed by atoms with Crippen LogP contribution in [0.4, 0.5) is 0 Å². The maximum Gasteiger partial charge on any atom is 0.138 e. The molecule has 1 fully saturated rings. The van der Waals surface area contributed by atoms with Crippen molar-refractivity contribution >= 4 is 0 Å². The zero-order chi connectivity index (χ0) is 14.8. The molecule has 0 spiro atoms. The summed E-state index contributed by atoms with van der Waals surface area (Å²) in [5, 5.41) is 0. The maximum absolute atomic E-state index is 5.99. The van der Waals surface area contributed by atoms with Gasteiger partial charge in [-0.15, -0.1) is 0 Å². The van der Waals surface area contributed by atoms with Crippen LogP contribution in [0.25, 0.3) is 0 Å². The SMILES string of the molecule is CC(C)Oc1cncc(C2CC(C)(C)CCC2CN)c1. The molecule has 0 bridgehead atoms. The second-order valence-corrected chi connectivity index (χ2v) is 7.13. The quantitative estimate of drug-likeness (QED) is 0.911. The van der Waals surface area contributed by atoms with Crippen molar-refractivity contribution in [2.75, 3.05) is 6.54 Å². The van der Waals surface area contributed by atoms with Gasteiger partial charge >= 0.3 is 0 Å². The first kappa shape index (κ1) is 15.3.